The van der Waals surface area contributed by atoms with Gasteiger partial charge in [-0.2, -0.15) is 4.31 Å². The number of benzene rings is 2. The molecular formula is C19H21N3O9S2. The van der Waals surface area contributed by atoms with Crippen LogP contribution < -0.4 is 14.2 Å². The molecule has 0 amide bonds. The first-order chi connectivity index (χ1) is 15.6. The van der Waals surface area contributed by atoms with E-state index in [9.17, 15) is 28.6 Å². The van der Waals surface area contributed by atoms with Crippen molar-refractivity contribution >= 4 is 33.2 Å². The number of thioether (sulfide) groups is 1. The minimum absolute atomic E-state index is 0.0879. The molecule has 0 radical (unpaired) electrons. The number of rotatable bonds is 8. The van der Waals surface area contributed by atoms with Crippen LogP contribution in [-0.2, 0) is 10.0 Å². The maximum atomic E-state index is 13.5. The van der Waals surface area contributed by atoms with E-state index in [1.807, 2.05) is 0 Å². The molecule has 1 atom stereocenters. The molecule has 2 aromatic carbocycles. The Bertz CT molecular complexity index is 1180. The van der Waals surface area contributed by atoms with Gasteiger partial charge in [-0.15, -0.1) is 11.8 Å². The van der Waals surface area contributed by atoms with Crippen LogP contribution in [0.4, 0.5) is 11.4 Å². The molecule has 3 rings (SSSR count). The molecule has 12 nitrogen and oxygen atoms in total. The van der Waals surface area contributed by atoms with Crippen molar-refractivity contribution in [1.29, 1.82) is 0 Å². The fraction of sp³-hybridized carbons (Fsp3) is 0.368. The topological polar surface area (TPSA) is 151 Å². The minimum Gasteiger partial charge on any atom is -0.496 e. The van der Waals surface area contributed by atoms with Crippen LogP contribution in [0.3, 0.4) is 0 Å². The molecule has 0 N–H and O–H groups in total. The van der Waals surface area contributed by atoms with Gasteiger partial charge in [0.2, 0.25) is 10.0 Å². The smallest absolute Gasteiger partial charge is 0.280 e. The Morgan fingerprint density at radius 1 is 0.939 bits per heavy atom. The van der Waals surface area contributed by atoms with Gasteiger partial charge in [0.25, 0.3) is 11.4 Å². The predicted octanol–water partition coefficient (Wildman–Crippen LogP) is 3.27. The van der Waals surface area contributed by atoms with Crippen molar-refractivity contribution in [2.45, 2.75) is 17.2 Å². The molecule has 1 aliphatic heterocycles. The second-order valence-electron chi connectivity index (χ2n) is 6.89. The Morgan fingerprint density at radius 2 is 1.45 bits per heavy atom. The second kappa shape index (κ2) is 9.41. The van der Waals surface area contributed by atoms with Crippen LogP contribution in [-0.4, -0.2) is 56.2 Å². The minimum atomic E-state index is -4.35. The summed E-state index contributed by atoms with van der Waals surface area (Å²) in [5.41, 5.74) is -1.03. The highest BCUT2D eigenvalue weighted by atomic mass is 32.2. The van der Waals surface area contributed by atoms with E-state index in [0.29, 0.717) is 28.6 Å². The van der Waals surface area contributed by atoms with Gasteiger partial charge in [-0.3, -0.25) is 20.2 Å². The lowest BCUT2D eigenvalue weighted by molar-refractivity contribution is -0.395. The highest BCUT2D eigenvalue weighted by Gasteiger charge is 2.40. The van der Waals surface area contributed by atoms with E-state index in [4.69, 9.17) is 14.2 Å². The quantitative estimate of drug-likeness (QED) is 0.391. The summed E-state index contributed by atoms with van der Waals surface area (Å²) in [6.07, 6.45) is 0. The largest absolute Gasteiger partial charge is 0.496 e. The fourth-order valence-corrected chi connectivity index (χ4v) is 6.80. The fourth-order valence-electron chi connectivity index (χ4n) is 3.51. The van der Waals surface area contributed by atoms with Gasteiger partial charge in [0.05, 0.1) is 41.4 Å². The second-order valence-corrected chi connectivity index (χ2v) is 9.97. The average molecular weight is 500 g/mol. The van der Waals surface area contributed by atoms with Crippen molar-refractivity contribution in [2.75, 3.05) is 33.6 Å². The van der Waals surface area contributed by atoms with Crippen molar-refractivity contribution in [3.63, 3.8) is 0 Å². The zero-order valence-electron chi connectivity index (χ0n) is 18.1. The van der Waals surface area contributed by atoms with Gasteiger partial charge in [0, 0.05) is 36.1 Å². The number of nitrogens with zero attached hydrogens (tertiary/aromatic N) is 3. The van der Waals surface area contributed by atoms with E-state index < -0.39 is 41.5 Å². The van der Waals surface area contributed by atoms with Crippen LogP contribution >= 0.6 is 11.8 Å². The summed E-state index contributed by atoms with van der Waals surface area (Å²) >= 11 is 1.31. The van der Waals surface area contributed by atoms with Crippen LogP contribution in [0.2, 0.25) is 0 Å². The van der Waals surface area contributed by atoms with Gasteiger partial charge < -0.3 is 14.2 Å². The maximum Gasteiger partial charge on any atom is 0.280 e. The third-order valence-corrected chi connectivity index (χ3v) is 8.40. The van der Waals surface area contributed by atoms with Crippen molar-refractivity contribution in [3.05, 3.63) is 55.6 Å². The summed E-state index contributed by atoms with van der Waals surface area (Å²) in [6, 6.07) is 4.87. The lowest BCUT2D eigenvalue weighted by atomic mass is 10.1. The highest BCUT2D eigenvalue weighted by Crippen LogP contribution is 2.48. The van der Waals surface area contributed by atoms with Gasteiger partial charge in [-0.05, 0) is 13.0 Å². The van der Waals surface area contributed by atoms with Gasteiger partial charge in [-0.25, -0.2) is 8.42 Å². The number of hydrogen-bond donors (Lipinski definition) is 0. The van der Waals surface area contributed by atoms with E-state index in [1.54, 1.807) is 12.1 Å². The molecule has 33 heavy (non-hydrogen) atoms. The van der Waals surface area contributed by atoms with Crippen LogP contribution in [0.15, 0.2) is 29.2 Å². The zero-order chi connectivity index (χ0) is 24.5. The number of nitro groups is 2. The number of ether oxygens (including phenoxy) is 3. The molecule has 178 valence electrons. The Balaban J connectivity index is 2.16. The summed E-state index contributed by atoms with van der Waals surface area (Å²) in [5.74, 6) is 1.53. The molecule has 0 aliphatic carbocycles. The molecule has 1 heterocycles. The molecule has 1 unspecified atom stereocenters. The van der Waals surface area contributed by atoms with Crippen molar-refractivity contribution in [3.8, 4) is 17.2 Å². The van der Waals surface area contributed by atoms with Gasteiger partial charge in [0.15, 0.2) is 11.5 Å². The Labute approximate surface area is 193 Å². The van der Waals surface area contributed by atoms with E-state index in [2.05, 4.69) is 0 Å². The third kappa shape index (κ3) is 4.41. The summed E-state index contributed by atoms with van der Waals surface area (Å²) < 4.78 is 44.2. The normalized spacial score (nSPS) is 16.4. The first kappa shape index (κ1) is 24.5. The van der Waals surface area contributed by atoms with Crippen LogP contribution in [0.25, 0.3) is 0 Å². The molecule has 14 heteroatoms. The van der Waals surface area contributed by atoms with E-state index in [-0.39, 0.29) is 12.1 Å². The van der Waals surface area contributed by atoms with Gasteiger partial charge in [0.1, 0.15) is 11.3 Å². The number of sulfonamides is 1. The molecule has 0 aromatic heterocycles. The summed E-state index contributed by atoms with van der Waals surface area (Å²) in [5, 5.41) is 22.1. The number of methoxy groups -OCH3 is 3. The third-order valence-electron chi connectivity index (χ3n) is 5.18. The van der Waals surface area contributed by atoms with Crippen molar-refractivity contribution in [2.24, 2.45) is 0 Å². The average Bonchev–Trinajstić information content (AvgIpc) is 3.28. The van der Waals surface area contributed by atoms with Crippen LogP contribution in [0, 0.1) is 27.2 Å². The Hall–Kier alpha value is -3.10. The van der Waals surface area contributed by atoms with Crippen LogP contribution in [0.1, 0.15) is 16.5 Å². The Morgan fingerprint density at radius 3 is 1.94 bits per heavy atom. The Kier molecular flexibility index (Phi) is 7.00. The monoisotopic (exact) mass is 499 g/mol. The van der Waals surface area contributed by atoms with E-state index >= 15 is 0 Å². The lowest BCUT2D eigenvalue weighted by Crippen LogP contribution is -2.31. The van der Waals surface area contributed by atoms with Crippen LogP contribution in [0.5, 0.6) is 17.2 Å². The van der Waals surface area contributed by atoms with E-state index in [0.717, 1.165) is 16.4 Å². The number of hydrogen-bond acceptors (Lipinski definition) is 10. The first-order valence-corrected chi connectivity index (χ1v) is 11.9. The van der Waals surface area contributed by atoms with Crippen molar-refractivity contribution in [1.82, 2.24) is 4.31 Å². The van der Waals surface area contributed by atoms with Gasteiger partial charge in [-0.1, -0.05) is 0 Å². The molecule has 1 saturated heterocycles. The predicted molar refractivity (Wildman–Crippen MR) is 120 cm³/mol. The van der Waals surface area contributed by atoms with Gasteiger partial charge >= 0.3 is 0 Å². The lowest BCUT2D eigenvalue weighted by Gasteiger charge is -2.25. The summed E-state index contributed by atoms with van der Waals surface area (Å²) in [7, 11) is -0.0295. The highest BCUT2D eigenvalue weighted by molar-refractivity contribution is 8.01. The maximum absolute atomic E-state index is 13.5. The molecule has 1 aliphatic rings. The summed E-state index contributed by atoms with van der Waals surface area (Å²) in [6.45, 7) is 1.29. The van der Waals surface area contributed by atoms with E-state index in [1.165, 1.54) is 40.0 Å². The molecular weight excluding hydrogens is 478 g/mol. The molecule has 1 fully saturated rings. The van der Waals surface area contributed by atoms with Crippen molar-refractivity contribution < 1.29 is 32.5 Å². The molecule has 0 bridgehead atoms. The molecule has 0 spiro atoms. The zero-order valence-corrected chi connectivity index (χ0v) is 19.8. The standard InChI is InChI=1S/C19H21N3O9S2/c1-11-14(21(23)24)7-12(8-15(11)22(25)26)33(27,28)20-5-6-32-19(20)13-9-17(30-3)18(31-4)10-16(13)29-2/h7-10,19H,5-6H2,1-4H3. The first-order valence-electron chi connectivity index (χ1n) is 9.43. The number of nitro benzene ring substituents is 2. The molecule has 0 saturated carbocycles. The summed E-state index contributed by atoms with van der Waals surface area (Å²) in [4.78, 5) is 20.6. The molecule has 2 aromatic rings. The SMILES string of the molecule is COc1cc(OC)c(C2SCCN2S(=O)(=O)c2cc([N+](=O)[O-])c(C)c([N+](=O)[O-])c2)cc1OC.